The summed E-state index contributed by atoms with van der Waals surface area (Å²) >= 11 is 5.95. The summed E-state index contributed by atoms with van der Waals surface area (Å²) in [5.41, 5.74) is 0.343. The van der Waals surface area contributed by atoms with E-state index in [9.17, 15) is 14.7 Å². The van der Waals surface area contributed by atoms with Crippen molar-refractivity contribution in [3.05, 3.63) is 65.2 Å². The van der Waals surface area contributed by atoms with Crippen LogP contribution in [0, 0.1) is 0 Å². The fraction of sp³-hybridized carbons (Fsp3) is 0.143. The third-order valence-electron chi connectivity index (χ3n) is 4.19. The van der Waals surface area contributed by atoms with E-state index in [1.165, 1.54) is 26.2 Å². The lowest BCUT2D eigenvalue weighted by atomic mass is 10.1. The molecule has 0 radical (unpaired) electrons. The van der Waals surface area contributed by atoms with Crippen LogP contribution >= 0.6 is 11.6 Å². The molecule has 3 aromatic rings. The molecule has 144 valence electrons. The van der Waals surface area contributed by atoms with Crippen LogP contribution in [0.5, 0.6) is 11.5 Å². The average Bonchev–Trinajstić information content (AvgIpc) is 2.68. The van der Waals surface area contributed by atoms with Gasteiger partial charge >= 0.3 is 5.97 Å². The van der Waals surface area contributed by atoms with Crippen molar-refractivity contribution >= 4 is 39.9 Å². The lowest BCUT2D eigenvalue weighted by Gasteiger charge is -2.16. The quantitative estimate of drug-likeness (QED) is 0.621. The number of anilines is 1. The Kier molecular flexibility index (Phi) is 5.70. The maximum absolute atomic E-state index is 12.4. The minimum absolute atomic E-state index is 0.0151. The molecule has 7 heteroatoms. The van der Waals surface area contributed by atoms with Crippen molar-refractivity contribution in [2.45, 2.75) is 13.0 Å². The van der Waals surface area contributed by atoms with Gasteiger partial charge in [-0.05, 0) is 36.6 Å². The van der Waals surface area contributed by atoms with Crippen molar-refractivity contribution in [3.8, 4) is 11.5 Å². The van der Waals surface area contributed by atoms with E-state index in [4.69, 9.17) is 21.1 Å². The van der Waals surface area contributed by atoms with Gasteiger partial charge in [-0.1, -0.05) is 41.9 Å². The van der Waals surface area contributed by atoms with Gasteiger partial charge in [0.1, 0.15) is 17.1 Å². The summed E-state index contributed by atoms with van der Waals surface area (Å²) in [6, 6.07) is 15.0. The van der Waals surface area contributed by atoms with Gasteiger partial charge in [0.25, 0.3) is 5.91 Å². The molecule has 0 saturated carbocycles. The molecule has 3 rings (SSSR count). The molecule has 0 aromatic heterocycles. The molecule has 0 aliphatic heterocycles. The number of ether oxygens (including phenoxy) is 2. The fourth-order valence-electron chi connectivity index (χ4n) is 2.71. The molecule has 0 aliphatic carbocycles. The van der Waals surface area contributed by atoms with Gasteiger partial charge < -0.3 is 19.9 Å². The Morgan fingerprint density at radius 3 is 2.61 bits per heavy atom. The molecule has 1 amide bonds. The zero-order valence-corrected chi connectivity index (χ0v) is 16.0. The summed E-state index contributed by atoms with van der Waals surface area (Å²) in [5, 5.41) is 14.7. The van der Waals surface area contributed by atoms with E-state index in [1.807, 2.05) is 12.1 Å². The second-order valence-electron chi connectivity index (χ2n) is 6.06. The van der Waals surface area contributed by atoms with E-state index < -0.39 is 18.0 Å². The SMILES string of the molecule is COc1ccc(Cl)cc1NC(=O)[C@@H](C)OC(=O)c1ccc2ccccc2c1O. The maximum Gasteiger partial charge on any atom is 0.342 e. The van der Waals surface area contributed by atoms with Crippen LogP contribution in [0.2, 0.25) is 5.02 Å². The predicted molar refractivity (Wildman–Crippen MR) is 107 cm³/mol. The van der Waals surface area contributed by atoms with Crippen molar-refractivity contribution in [1.29, 1.82) is 0 Å². The Labute approximate surface area is 166 Å². The van der Waals surface area contributed by atoms with Crippen LogP contribution < -0.4 is 10.1 Å². The van der Waals surface area contributed by atoms with Gasteiger partial charge in [-0.15, -0.1) is 0 Å². The summed E-state index contributed by atoms with van der Waals surface area (Å²) in [5.74, 6) is -1.13. The zero-order chi connectivity index (χ0) is 20.3. The molecule has 0 aliphatic rings. The zero-order valence-electron chi connectivity index (χ0n) is 15.2. The highest BCUT2D eigenvalue weighted by molar-refractivity contribution is 6.31. The number of carbonyl (C=O) groups excluding carboxylic acids is 2. The summed E-state index contributed by atoms with van der Waals surface area (Å²) in [6.07, 6.45) is -1.11. The molecule has 0 fully saturated rings. The summed E-state index contributed by atoms with van der Waals surface area (Å²) < 4.78 is 10.4. The number of halogens is 1. The van der Waals surface area contributed by atoms with E-state index in [0.717, 1.165) is 5.39 Å². The number of rotatable bonds is 5. The molecule has 6 nitrogen and oxygen atoms in total. The first-order chi connectivity index (χ1) is 13.4. The van der Waals surface area contributed by atoms with Crippen LogP contribution in [0.1, 0.15) is 17.3 Å². The molecule has 0 unspecified atom stereocenters. The number of nitrogens with one attached hydrogen (secondary N) is 1. The number of esters is 1. The van der Waals surface area contributed by atoms with E-state index in [-0.39, 0.29) is 11.3 Å². The van der Waals surface area contributed by atoms with Crippen molar-refractivity contribution in [2.75, 3.05) is 12.4 Å². The molecule has 0 heterocycles. The molecule has 0 spiro atoms. The van der Waals surface area contributed by atoms with Crippen molar-refractivity contribution < 1.29 is 24.2 Å². The van der Waals surface area contributed by atoms with Crippen LogP contribution in [0.15, 0.2) is 54.6 Å². The average molecular weight is 400 g/mol. The Bertz CT molecular complexity index is 1050. The number of carbonyl (C=O) groups is 2. The van der Waals surface area contributed by atoms with Crippen LogP contribution in [-0.2, 0) is 9.53 Å². The third-order valence-corrected chi connectivity index (χ3v) is 4.43. The monoisotopic (exact) mass is 399 g/mol. The first-order valence-corrected chi connectivity index (χ1v) is 8.84. The number of fused-ring (bicyclic) bond motifs is 1. The first kappa shape index (κ1) is 19.5. The van der Waals surface area contributed by atoms with Gasteiger partial charge in [0.2, 0.25) is 0 Å². The number of phenolic OH excluding ortho intramolecular Hbond substituents is 1. The Morgan fingerprint density at radius 2 is 1.86 bits per heavy atom. The number of hydrogen-bond donors (Lipinski definition) is 2. The number of methoxy groups -OCH3 is 1. The molecular weight excluding hydrogens is 382 g/mol. The number of aromatic hydroxyl groups is 1. The van der Waals surface area contributed by atoms with Crippen molar-refractivity contribution in [1.82, 2.24) is 0 Å². The number of amides is 1. The van der Waals surface area contributed by atoms with E-state index >= 15 is 0 Å². The van der Waals surface area contributed by atoms with Gasteiger partial charge in [-0.25, -0.2) is 4.79 Å². The summed E-state index contributed by atoms with van der Waals surface area (Å²) in [4.78, 5) is 24.9. The third kappa shape index (κ3) is 4.02. The normalized spacial score (nSPS) is 11.7. The largest absolute Gasteiger partial charge is 0.506 e. The lowest BCUT2D eigenvalue weighted by Crippen LogP contribution is -2.30. The fourth-order valence-corrected chi connectivity index (χ4v) is 2.88. The van der Waals surface area contributed by atoms with E-state index in [1.54, 1.807) is 30.3 Å². The number of phenols is 1. The molecule has 3 aromatic carbocycles. The van der Waals surface area contributed by atoms with Gasteiger partial charge in [0.05, 0.1) is 12.8 Å². The highest BCUT2D eigenvalue weighted by Gasteiger charge is 2.22. The highest BCUT2D eigenvalue weighted by Crippen LogP contribution is 2.30. The summed E-state index contributed by atoms with van der Waals surface area (Å²) in [6.45, 7) is 1.43. The lowest BCUT2D eigenvalue weighted by molar-refractivity contribution is -0.123. The van der Waals surface area contributed by atoms with Gasteiger partial charge in [-0.3, -0.25) is 4.79 Å². The predicted octanol–water partition coefficient (Wildman–Crippen LogP) is 4.39. The molecule has 2 N–H and O–H groups in total. The minimum atomic E-state index is -1.11. The highest BCUT2D eigenvalue weighted by atomic mass is 35.5. The molecule has 0 saturated heterocycles. The van der Waals surface area contributed by atoms with Crippen LogP contribution in [0.3, 0.4) is 0 Å². The van der Waals surface area contributed by atoms with E-state index in [0.29, 0.717) is 21.8 Å². The maximum atomic E-state index is 12.4. The molecule has 28 heavy (non-hydrogen) atoms. The Morgan fingerprint density at radius 1 is 1.11 bits per heavy atom. The minimum Gasteiger partial charge on any atom is -0.506 e. The second-order valence-corrected chi connectivity index (χ2v) is 6.50. The van der Waals surface area contributed by atoms with Crippen LogP contribution in [0.4, 0.5) is 5.69 Å². The first-order valence-electron chi connectivity index (χ1n) is 8.47. The topological polar surface area (TPSA) is 84.9 Å². The van der Waals surface area contributed by atoms with Gasteiger partial charge in [-0.2, -0.15) is 0 Å². The molecule has 0 bridgehead atoms. The van der Waals surface area contributed by atoms with Crippen molar-refractivity contribution in [2.24, 2.45) is 0 Å². The van der Waals surface area contributed by atoms with Crippen LogP contribution in [-0.4, -0.2) is 30.2 Å². The standard InChI is InChI=1S/C21H18ClNO5/c1-12(20(25)23-17-11-14(22)8-10-18(17)27-2)28-21(26)16-9-7-13-5-3-4-6-15(13)19(16)24/h3-12,24H,1-2H3,(H,23,25)/t12-/m1/s1. The summed E-state index contributed by atoms with van der Waals surface area (Å²) in [7, 11) is 1.46. The number of benzene rings is 3. The second kappa shape index (κ2) is 8.19. The Hall–Kier alpha value is -3.25. The molecular formula is C21H18ClNO5. The Balaban J connectivity index is 1.75. The molecule has 1 atom stereocenters. The van der Waals surface area contributed by atoms with Crippen molar-refractivity contribution in [3.63, 3.8) is 0 Å². The van der Waals surface area contributed by atoms with E-state index in [2.05, 4.69) is 5.32 Å². The number of hydrogen-bond acceptors (Lipinski definition) is 5. The van der Waals surface area contributed by atoms with Gasteiger partial charge in [0, 0.05) is 10.4 Å². The smallest absolute Gasteiger partial charge is 0.342 e. The van der Waals surface area contributed by atoms with Crippen LogP contribution in [0.25, 0.3) is 10.8 Å². The van der Waals surface area contributed by atoms with Gasteiger partial charge in [0.15, 0.2) is 6.10 Å².